The van der Waals surface area contributed by atoms with Gasteiger partial charge in [-0.05, 0) is 73.6 Å². The minimum atomic E-state index is -0.441. The van der Waals surface area contributed by atoms with Crippen LogP contribution in [0.15, 0.2) is 0 Å². The van der Waals surface area contributed by atoms with Crippen molar-refractivity contribution in [3.05, 3.63) is 0 Å². The lowest BCUT2D eigenvalue weighted by molar-refractivity contribution is -0.150. The van der Waals surface area contributed by atoms with E-state index < -0.39 is 5.91 Å². The van der Waals surface area contributed by atoms with Gasteiger partial charge in [0.1, 0.15) is 0 Å². The summed E-state index contributed by atoms with van der Waals surface area (Å²) >= 11 is 0. The number of rotatable bonds is 1. The van der Waals surface area contributed by atoms with Crippen molar-refractivity contribution < 1.29 is 9.59 Å². The van der Waals surface area contributed by atoms with E-state index in [1.807, 2.05) is 13.8 Å². The predicted molar refractivity (Wildman–Crippen MR) is 92.1 cm³/mol. The quantitative estimate of drug-likeness (QED) is 0.727. The number of nitrogens with zero attached hydrogens (tertiary/aromatic N) is 1. The molecule has 0 spiro atoms. The van der Waals surface area contributed by atoms with E-state index in [9.17, 15) is 9.59 Å². The molecule has 2 fully saturated rings. The lowest BCUT2D eigenvalue weighted by atomic mass is 9.79. The van der Waals surface area contributed by atoms with Crippen LogP contribution < -0.4 is 10.6 Å². The molecule has 0 aromatic heterocycles. The van der Waals surface area contributed by atoms with Gasteiger partial charge in [0, 0.05) is 29.2 Å². The second kappa shape index (κ2) is 6.42. The van der Waals surface area contributed by atoms with Gasteiger partial charge < -0.3 is 15.5 Å². The van der Waals surface area contributed by atoms with Gasteiger partial charge in [-0.2, -0.15) is 0 Å². The van der Waals surface area contributed by atoms with Crippen LogP contribution in [0.4, 0.5) is 0 Å². The predicted octanol–water partition coefficient (Wildman–Crippen LogP) is 2.20. The SMILES string of the molecule is CC1CCCC(C)N1C(=O)C(=O)NC1CC(C)(C)NC(C)(C)C1. The molecule has 2 amide bonds. The first-order valence-electron chi connectivity index (χ1n) is 8.93. The molecular weight excluding hydrogens is 290 g/mol. The first kappa shape index (κ1) is 18.2. The summed E-state index contributed by atoms with van der Waals surface area (Å²) < 4.78 is 0. The van der Waals surface area contributed by atoms with Crippen LogP contribution in [0.25, 0.3) is 0 Å². The van der Waals surface area contributed by atoms with Gasteiger partial charge in [0.05, 0.1) is 0 Å². The molecule has 23 heavy (non-hydrogen) atoms. The number of piperidine rings is 2. The smallest absolute Gasteiger partial charge is 0.312 e. The highest BCUT2D eigenvalue weighted by Gasteiger charge is 2.40. The van der Waals surface area contributed by atoms with Crippen LogP contribution in [0.3, 0.4) is 0 Å². The summed E-state index contributed by atoms with van der Waals surface area (Å²) in [7, 11) is 0. The molecule has 5 heteroatoms. The van der Waals surface area contributed by atoms with Crippen molar-refractivity contribution in [3.8, 4) is 0 Å². The lowest BCUT2D eigenvalue weighted by Crippen LogP contribution is -2.63. The molecule has 2 saturated heterocycles. The molecule has 0 saturated carbocycles. The topological polar surface area (TPSA) is 61.4 Å². The second-order valence-corrected chi connectivity index (χ2v) is 8.81. The fraction of sp³-hybridized carbons (Fsp3) is 0.889. The zero-order chi connectivity index (χ0) is 17.4. The Labute approximate surface area is 140 Å². The van der Waals surface area contributed by atoms with Crippen molar-refractivity contribution in [3.63, 3.8) is 0 Å². The van der Waals surface area contributed by atoms with Crippen molar-refractivity contribution in [1.29, 1.82) is 0 Å². The lowest BCUT2D eigenvalue weighted by Gasteiger charge is -2.46. The Morgan fingerprint density at radius 2 is 1.48 bits per heavy atom. The third-order valence-electron chi connectivity index (χ3n) is 5.15. The molecule has 5 nitrogen and oxygen atoms in total. The summed E-state index contributed by atoms with van der Waals surface area (Å²) in [5.41, 5.74) is -0.0943. The molecule has 2 heterocycles. The Balaban J connectivity index is 2.02. The Hall–Kier alpha value is -1.10. The fourth-order valence-corrected chi connectivity index (χ4v) is 4.61. The summed E-state index contributed by atoms with van der Waals surface area (Å²) in [5, 5.41) is 6.59. The molecule has 2 aliphatic heterocycles. The average molecular weight is 323 g/mol. The molecule has 132 valence electrons. The number of nitrogens with one attached hydrogen (secondary N) is 2. The Morgan fingerprint density at radius 1 is 1.00 bits per heavy atom. The minimum Gasteiger partial charge on any atom is -0.345 e. The van der Waals surface area contributed by atoms with E-state index in [0.717, 1.165) is 32.1 Å². The number of carbonyl (C=O) groups excluding carboxylic acids is 2. The maximum absolute atomic E-state index is 12.6. The number of hydrogen-bond acceptors (Lipinski definition) is 3. The van der Waals surface area contributed by atoms with Crippen LogP contribution in [0.1, 0.15) is 73.6 Å². The zero-order valence-electron chi connectivity index (χ0n) is 15.5. The highest BCUT2D eigenvalue weighted by molar-refractivity contribution is 6.35. The zero-order valence-corrected chi connectivity index (χ0v) is 15.5. The summed E-state index contributed by atoms with van der Waals surface area (Å²) in [6.07, 6.45) is 4.76. The first-order chi connectivity index (χ1) is 10.5. The third kappa shape index (κ3) is 4.46. The van der Waals surface area contributed by atoms with E-state index in [1.165, 1.54) is 0 Å². The van der Waals surface area contributed by atoms with Crippen LogP contribution in [-0.4, -0.2) is 45.9 Å². The molecule has 2 atom stereocenters. The summed E-state index contributed by atoms with van der Waals surface area (Å²) in [6.45, 7) is 12.6. The van der Waals surface area contributed by atoms with Gasteiger partial charge in [-0.15, -0.1) is 0 Å². The van der Waals surface area contributed by atoms with Gasteiger partial charge >= 0.3 is 11.8 Å². The van der Waals surface area contributed by atoms with Crippen molar-refractivity contribution in [2.45, 2.75) is 103 Å². The van der Waals surface area contributed by atoms with E-state index in [-0.39, 0.29) is 35.1 Å². The standard InChI is InChI=1S/C18H33N3O2/c1-12-8-7-9-13(2)21(12)16(23)15(22)19-14-10-17(3,4)20-18(5,6)11-14/h12-14,20H,7-11H2,1-6H3,(H,19,22). The van der Waals surface area contributed by atoms with E-state index in [1.54, 1.807) is 4.90 Å². The second-order valence-electron chi connectivity index (χ2n) is 8.81. The number of likely N-dealkylation sites (tertiary alicyclic amines) is 1. The molecule has 0 aromatic carbocycles. The van der Waals surface area contributed by atoms with Gasteiger partial charge in [-0.3, -0.25) is 9.59 Å². The molecule has 0 aliphatic carbocycles. The normalized spacial score (nSPS) is 30.8. The Bertz CT molecular complexity index is 447. The Morgan fingerprint density at radius 3 is 1.96 bits per heavy atom. The van der Waals surface area contributed by atoms with Gasteiger partial charge in [0.2, 0.25) is 0 Å². The summed E-state index contributed by atoms with van der Waals surface area (Å²) in [4.78, 5) is 26.9. The largest absolute Gasteiger partial charge is 0.345 e. The first-order valence-corrected chi connectivity index (χ1v) is 8.93. The summed E-state index contributed by atoms with van der Waals surface area (Å²) in [6, 6.07) is 0.337. The van der Waals surface area contributed by atoms with E-state index in [4.69, 9.17) is 0 Å². The number of carbonyl (C=O) groups is 2. The average Bonchev–Trinajstić information content (AvgIpc) is 2.34. The van der Waals surface area contributed by atoms with E-state index in [0.29, 0.717) is 0 Å². The molecular formula is C18H33N3O2. The third-order valence-corrected chi connectivity index (χ3v) is 5.15. The van der Waals surface area contributed by atoms with Gasteiger partial charge in [-0.1, -0.05) is 0 Å². The van der Waals surface area contributed by atoms with Crippen LogP contribution in [0.5, 0.6) is 0 Å². The molecule has 2 N–H and O–H groups in total. The van der Waals surface area contributed by atoms with Crippen molar-refractivity contribution in [2.75, 3.05) is 0 Å². The van der Waals surface area contributed by atoms with Crippen molar-refractivity contribution in [1.82, 2.24) is 15.5 Å². The molecule has 0 radical (unpaired) electrons. The highest BCUT2D eigenvalue weighted by Crippen LogP contribution is 2.29. The molecule has 2 aliphatic rings. The molecule has 0 aromatic rings. The van der Waals surface area contributed by atoms with E-state index >= 15 is 0 Å². The fourth-order valence-electron chi connectivity index (χ4n) is 4.61. The van der Waals surface area contributed by atoms with Crippen LogP contribution in [0.2, 0.25) is 0 Å². The van der Waals surface area contributed by atoms with Crippen molar-refractivity contribution >= 4 is 11.8 Å². The van der Waals surface area contributed by atoms with Crippen molar-refractivity contribution in [2.24, 2.45) is 0 Å². The molecule has 2 rings (SSSR count). The maximum atomic E-state index is 12.6. The Kier molecular flexibility index (Phi) is 5.09. The van der Waals surface area contributed by atoms with Gasteiger partial charge in [0.25, 0.3) is 0 Å². The van der Waals surface area contributed by atoms with E-state index in [2.05, 4.69) is 38.3 Å². The van der Waals surface area contributed by atoms with Gasteiger partial charge in [-0.25, -0.2) is 0 Å². The molecule has 0 bridgehead atoms. The van der Waals surface area contributed by atoms with Crippen LogP contribution >= 0.6 is 0 Å². The number of amides is 2. The highest BCUT2D eigenvalue weighted by atomic mass is 16.2. The number of hydrogen-bond donors (Lipinski definition) is 2. The van der Waals surface area contributed by atoms with Crippen LogP contribution in [0, 0.1) is 0 Å². The minimum absolute atomic E-state index is 0.0353. The van der Waals surface area contributed by atoms with Crippen LogP contribution in [-0.2, 0) is 9.59 Å². The maximum Gasteiger partial charge on any atom is 0.312 e. The summed E-state index contributed by atoms with van der Waals surface area (Å²) in [5.74, 6) is -0.803. The van der Waals surface area contributed by atoms with Gasteiger partial charge in [0.15, 0.2) is 0 Å². The molecule has 2 unspecified atom stereocenters. The monoisotopic (exact) mass is 323 g/mol.